The zero-order chi connectivity index (χ0) is 21.8. The van der Waals surface area contributed by atoms with Gasteiger partial charge in [-0.15, -0.1) is 0 Å². The molecule has 1 unspecified atom stereocenters. The number of aromatic amines is 3. The Morgan fingerprint density at radius 2 is 1.73 bits per heavy atom. The number of pyridine rings is 1. The third-order valence-corrected chi connectivity index (χ3v) is 7.52. The molecule has 1 aromatic carbocycles. The molecule has 2 aliphatic rings. The van der Waals surface area contributed by atoms with Crippen molar-refractivity contribution in [2.45, 2.75) is 50.4 Å². The van der Waals surface area contributed by atoms with Crippen LogP contribution in [0.25, 0.3) is 22.4 Å². The number of nitrogens with zero attached hydrogens (tertiary/aromatic N) is 3. The van der Waals surface area contributed by atoms with Crippen LogP contribution in [0.3, 0.4) is 0 Å². The van der Waals surface area contributed by atoms with Gasteiger partial charge in [-0.2, -0.15) is 5.10 Å². The highest BCUT2D eigenvalue weighted by molar-refractivity contribution is 5.79. The summed E-state index contributed by atoms with van der Waals surface area (Å²) < 4.78 is 0. The molecule has 0 radical (unpaired) electrons. The quantitative estimate of drug-likeness (QED) is 0.364. The summed E-state index contributed by atoms with van der Waals surface area (Å²) in [7, 11) is 0. The Balaban J connectivity index is 1.50. The largest absolute Gasteiger partial charge is 0.364 e. The van der Waals surface area contributed by atoms with Crippen molar-refractivity contribution in [2.75, 3.05) is 0 Å². The second kappa shape index (κ2) is 7.17. The van der Waals surface area contributed by atoms with E-state index in [9.17, 15) is 0 Å². The second-order valence-electron chi connectivity index (χ2n) is 9.38. The molecule has 0 saturated heterocycles. The van der Waals surface area contributed by atoms with Gasteiger partial charge in [0.2, 0.25) is 0 Å². The number of aryl methyl sites for hydroxylation is 3. The number of hydrogen-bond donors (Lipinski definition) is 3. The molecular weight excluding hydrogens is 408 g/mol. The molecule has 0 amide bonds. The van der Waals surface area contributed by atoms with Crippen LogP contribution in [0.15, 0.2) is 54.7 Å². The standard InChI is InChI=1S/C27H26N6/c1-2-8-18-17(7-1)13-14-23(29-18)27(22-12-6-16-28-22)15-5-11-21-24(27)25(33-32-21)26-30-19-9-3-4-10-20(19)31-26/h1-2,6-8,12-14,16,28H,3-5,9-11,15H2,(H,30,31)(H,32,33). The normalized spacial score (nSPS) is 20.0. The summed E-state index contributed by atoms with van der Waals surface area (Å²) in [4.78, 5) is 17.4. The minimum absolute atomic E-state index is 0.406. The maximum absolute atomic E-state index is 5.21. The SMILES string of the molecule is c1c[nH]c(C2(c3ccc4ccccc4n3)CCCc3[nH]nc(-c4nc5c([nH]4)CCCC5)c32)c1. The predicted molar refractivity (Wildman–Crippen MR) is 128 cm³/mol. The van der Waals surface area contributed by atoms with Gasteiger partial charge in [-0.25, -0.2) is 4.98 Å². The fourth-order valence-electron chi connectivity index (χ4n) is 5.97. The molecule has 0 saturated carbocycles. The van der Waals surface area contributed by atoms with E-state index in [4.69, 9.17) is 15.1 Å². The van der Waals surface area contributed by atoms with E-state index < -0.39 is 5.41 Å². The zero-order valence-electron chi connectivity index (χ0n) is 18.5. The van der Waals surface area contributed by atoms with Crippen LogP contribution in [0.5, 0.6) is 0 Å². The Kier molecular flexibility index (Phi) is 4.10. The number of aromatic nitrogens is 6. The number of H-pyrrole nitrogens is 3. The van der Waals surface area contributed by atoms with Crippen LogP contribution in [0.4, 0.5) is 0 Å². The topological polar surface area (TPSA) is 86.0 Å². The van der Waals surface area contributed by atoms with Crippen LogP contribution in [-0.4, -0.2) is 30.1 Å². The number of rotatable bonds is 3. The Morgan fingerprint density at radius 1 is 0.818 bits per heavy atom. The second-order valence-corrected chi connectivity index (χ2v) is 9.38. The van der Waals surface area contributed by atoms with Gasteiger partial charge in [0.25, 0.3) is 0 Å². The van der Waals surface area contributed by atoms with Crippen molar-refractivity contribution in [2.24, 2.45) is 0 Å². The zero-order valence-corrected chi connectivity index (χ0v) is 18.5. The summed E-state index contributed by atoms with van der Waals surface area (Å²) in [5.41, 5.74) is 8.65. The highest BCUT2D eigenvalue weighted by Crippen LogP contribution is 2.49. The Morgan fingerprint density at radius 3 is 2.64 bits per heavy atom. The molecule has 0 aliphatic heterocycles. The lowest BCUT2D eigenvalue weighted by molar-refractivity contribution is 0.476. The van der Waals surface area contributed by atoms with Crippen molar-refractivity contribution in [3.05, 3.63) is 88.8 Å². The number of fused-ring (bicyclic) bond motifs is 3. The van der Waals surface area contributed by atoms with Gasteiger partial charge in [-0.05, 0) is 69.2 Å². The van der Waals surface area contributed by atoms with E-state index in [-0.39, 0.29) is 0 Å². The predicted octanol–water partition coefficient (Wildman–Crippen LogP) is 5.23. The first-order valence-electron chi connectivity index (χ1n) is 12.0. The van der Waals surface area contributed by atoms with Gasteiger partial charge in [-0.1, -0.05) is 24.3 Å². The average Bonchev–Trinajstić information content (AvgIpc) is 3.63. The summed E-state index contributed by atoms with van der Waals surface area (Å²) in [6, 6.07) is 17.0. The van der Waals surface area contributed by atoms with E-state index in [1.165, 1.54) is 35.5 Å². The first kappa shape index (κ1) is 18.9. The summed E-state index contributed by atoms with van der Waals surface area (Å²) in [6.45, 7) is 0. The van der Waals surface area contributed by atoms with Gasteiger partial charge >= 0.3 is 0 Å². The number of benzene rings is 1. The highest BCUT2D eigenvalue weighted by atomic mass is 15.2. The fourth-order valence-corrected chi connectivity index (χ4v) is 5.97. The Bertz CT molecular complexity index is 1430. The van der Waals surface area contributed by atoms with Crippen molar-refractivity contribution in [1.82, 2.24) is 30.1 Å². The minimum Gasteiger partial charge on any atom is -0.364 e. The molecule has 1 atom stereocenters. The first-order valence-corrected chi connectivity index (χ1v) is 12.0. The maximum Gasteiger partial charge on any atom is 0.158 e. The van der Waals surface area contributed by atoms with Crippen LogP contribution < -0.4 is 0 Å². The smallest absolute Gasteiger partial charge is 0.158 e. The molecule has 0 fully saturated rings. The molecule has 33 heavy (non-hydrogen) atoms. The van der Waals surface area contributed by atoms with E-state index in [1.54, 1.807) is 0 Å². The van der Waals surface area contributed by atoms with Crippen LogP contribution >= 0.6 is 0 Å². The average molecular weight is 435 g/mol. The maximum atomic E-state index is 5.21. The molecule has 3 N–H and O–H groups in total. The van der Waals surface area contributed by atoms with Crippen molar-refractivity contribution in [3.8, 4) is 11.5 Å². The molecule has 2 aliphatic carbocycles. The highest BCUT2D eigenvalue weighted by Gasteiger charge is 2.46. The van der Waals surface area contributed by atoms with Gasteiger partial charge in [0.15, 0.2) is 5.82 Å². The van der Waals surface area contributed by atoms with Crippen LogP contribution in [0, 0.1) is 0 Å². The van der Waals surface area contributed by atoms with E-state index in [0.29, 0.717) is 0 Å². The van der Waals surface area contributed by atoms with Gasteiger partial charge in [0.1, 0.15) is 5.69 Å². The van der Waals surface area contributed by atoms with E-state index in [1.807, 2.05) is 6.20 Å². The lowest BCUT2D eigenvalue weighted by atomic mass is 9.66. The molecule has 0 bridgehead atoms. The Hall–Kier alpha value is -3.67. The third kappa shape index (κ3) is 2.76. The summed E-state index contributed by atoms with van der Waals surface area (Å²) in [6.07, 6.45) is 9.59. The third-order valence-electron chi connectivity index (χ3n) is 7.52. The number of imidazole rings is 1. The van der Waals surface area contributed by atoms with Crippen LogP contribution in [0.2, 0.25) is 0 Å². The van der Waals surface area contributed by atoms with Crippen LogP contribution in [0.1, 0.15) is 59.7 Å². The van der Waals surface area contributed by atoms with Gasteiger partial charge in [0, 0.05) is 34.2 Å². The van der Waals surface area contributed by atoms with Crippen molar-refractivity contribution >= 4 is 10.9 Å². The number of para-hydroxylation sites is 1. The summed E-state index contributed by atoms with van der Waals surface area (Å²) in [5.74, 6) is 0.887. The summed E-state index contributed by atoms with van der Waals surface area (Å²) in [5, 5.41) is 9.38. The van der Waals surface area contributed by atoms with Gasteiger partial charge in [-0.3, -0.25) is 10.1 Å². The molecule has 164 valence electrons. The monoisotopic (exact) mass is 434 g/mol. The lowest BCUT2D eigenvalue weighted by Gasteiger charge is -2.37. The van der Waals surface area contributed by atoms with Crippen molar-refractivity contribution in [1.29, 1.82) is 0 Å². The van der Waals surface area contributed by atoms with Crippen molar-refractivity contribution in [3.63, 3.8) is 0 Å². The molecule has 0 spiro atoms. The molecule has 4 heterocycles. The molecule has 6 heteroatoms. The Labute approximate surface area is 191 Å². The molecule has 6 nitrogen and oxygen atoms in total. The molecular formula is C27H26N6. The van der Waals surface area contributed by atoms with E-state index in [2.05, 4.69) is 63.6 Å². The molecule has 5 aromatic rings. The van der Waals surface area contributed by atoms with E-state index >= 15 is 0 Å². The molecule has 4 aromatic heterocycles. The number of nitrogens with one attached hydrogen (secondary N) is 3. The minimum atomic E-state index is -0.406. The lowest BCUT2D eigenvalue weighted by Crippen LogP contribution is -2.35. The van der Waals surface area contributed by atoms with Gasteiger partial charge in [0.05, 0.1) is 22.3 Å². The fraction of sp³-hybridized carbons (Fsp3) is 0.296. The van der Waals surface area contributed by atoms with E-state index in [0.717, 1.165) is 65.9 Å². The van der Waals surface area contributed by atoms with Crippen LogP contribution in [-0.2, 0) is 24.7 Å². The van der Waals surface area contributed by atoms with Gasteiger partial charge < -0.3 is 9.97 Å². The van der Waals surface area contributed by atoms with Crippen molar-refractivity contribution < 1.29 is 0 Å². The molecule has 7 rings (SSSR count). The summed E-state index contributed by atoms with van der Waals surface area (Å²) >= 11 is 0. The number of hydrogen-bond acceptors (Lipinski definition) is 3. The first-order chi connectivity index (χ1) is 16.3.